The van der Waals surface area contributed by atoms with Gasteiger partial charge in [0.15, 0.2) is 6.10 Å². The van der Waals surface area contributed by atoms with Crippen LogP contribution in [0.2, 0.25) is 0 Å². The predicted molar refractivity (Wildman–Crippen MR) is 78.9 cm³/mol. The lowest BCUT2D eigenvalue weighted by molar-refractivity contribution is -0.144. The molecule has 21 heavy (non-hydrogen) atoms. The highest BCUT2D eigenvalue weighted by Gasteiger charge is 2.17. The van der Waals surface area contributed by atoms with Crippen molar-refractivity contribution in [1.82, 2.24) is 0 Å². The molecule has 0 aliphatic heterocycles. The second kappa shape index (κ2) is 5.99. The van der Waals surface area contributed by atoms with Crippen LogP contribution in [0.15, 0.2) is 27.4 Å². The van der Waals surface area contributed by atoms with E-state index in [-0.39, 0.29) is 0 Å². The van der Waals surface area contributed by atoms with Crippen LogP contribution in [0.1, 0.15) is 31.4 Å². The molecule has 0 bridgehead atoms. The minimum atomic E-state index is -1.04. The van der Waals surface area contributed by atoms with Crippen molar-refractivity contribution in [2.24, 2.45) is 0 Å². The molecule has 1 atom stereocenters. The van der Waals surface area contributed by atoms with Gasteiger partial charge in [-0.25, -0.2) is 9.59 Å². The fourth-order valence-corrected chi connectivity index (χ4v) is 2.27. The van der Waals surface area contributed by atoms with Crippen molar-refractivity contribution in [2.75, 3.05) is 0 Å². The van der Waals surface area contributed by atoms with E-state index in [1.165, 1.54) is 13.0 Å². The minimum Gasteiger partial charge on any atom is -0.479 e. The second-order valence-electron chi connectivity index (χ2n) is 5.08. The molecule has 0 spiro atoms. The Labute approximate surface area is 122 Å². The summed E-state index contributed by atoms with van der Waals surface area (Å²) in [6.45, 7) is 5.31. The maximum absolute atomic E-state index is 11.6. The van der Waals surface area contributed by atoms with Gasteiger partial charge in [0.1, 0.15) is 11.3 Å². The van der Waals surface area contributed by atoms with E-state index >= 15 is 0 Å². The molecule has 5 heteroatoms. The lowest BCUT2D eigenvalue weighted by atomic mass is 10.0. The summed E-state index contributed by atoms with van der Waals surface area (Å²) in [6.07, 6.45) is 0.583. The Morgan fingerprint density at radius 3 is 2.71 bits per heavy atom. The molecule has 0 amide bonds. The molecule has 0 unspecified atom stereocenters. The predicted octanol–water partition coefficient (Wildman–Crippen LogP) is 2.91. The first-order valence-electron chi connectivity index (χ1n) is 6.89. The third-order valence-corrected chi connectivity index (χ3v) is 3.20. The molecule has 0 aliphatic rings. The Hall–Kier alpha value is -2.30. The number of carboxylic acid groups (broad SMARTS) is 1. The van der Waals surface area contributed by atoms with E-state index in [0.717, 1.165) is 17.5 Å². The molecule has 5 nitrogen and oxygen atoms in total. The number of hydrogen-bond donors (Lipinski definition) is 1. The Morgan fingerprint density at radius 2 is 2.10 bits per heavy atom. The van der Waals surface area contributed by atoms with Crippen LogP contribution in [-0.2, 0) is 11.2 Å². The Balaban J connectivity index is 2.67. The Bertz CT molecular complexity index is 729. The summed E-state index contributed by atoms with van der Waals surface area (Å²) in [5.74, 6) is -0.605. The van der Waals surface area contributed by atoms with Crippen LogP contribution >= 0.6 is 0 Å². The summed E-state index contributed by atoms with van der Waals surface area (Å²) in [5.41, 5.74) is 1.68. The first-order valence-corrected chi connectivity index (χ1v) is 6.89. The third-order valence-electron chi connectivity index (χ3n) is 3.20. The largest absolute Gasteiger partial charge is 0.479 e. The number of aryl methyl sites for hydroxylation is 2. The van der Waals surface area contributed by atoms with Crippen molar-refractivity contribution in [2.45, 2.75) is 39.7 Å². The summed E-state index contributed by atoms with van der Waals surface area (Å²) in [7, 11) is 0. The van der Waals surface area contributed by atoms with Gasteiger partial charge in [-0.2, -0.15) is 0 Å². The highest BCUT2D eigenvalue weighted by molar-refractivity contribution is 5.88. The number of aliphatic carboxylic acids is 1. The summed E-state index contributed by atoms with van der Waals surface area (Å²) in [5, 5.41) is 9.68. The van der Waals surface area contributed by atoms with Crippen LogP contribution in [0.3, 0.4) is 0 Å². The average Bonchev–Trinajstić information content (AvgIpc) is 2.37. The number of carbonyl (C=O) groups is 1. The van der Waals surface area contributed by atoms with E-state index in [9.17, 15) is 9.59 Å². The number of hydrogen-bond acceptors (Lipinski definition) is 4. The van der Waals surface area contributed by atoms with Crippen molar-refractivity contribution in [3.63, 3.8) is 0 Å². The van der Waals surface area contributed by atoms with Gasteiger partial charge in [0, 0.05) is 6.07 Å². The van der Waals surface area contributed by atoms with Gasteiger partial charge < -0.3 is 14.3 Å². The molecule has 112 valence electrons. The van der Waals surface area contributed by atoms with Crippen molar-refractivity contribution < 1.29 is 19.1 Å². The van der Waals surface area contributed by atoms with Gasteiger partial charge in [0.2, 0.25) is 0 Å². The van der Waals surface area contributed by atoms with Crippen LogP contribution in [0.4, 0.5) is 0 Å². The number of ether oxygens (including phenoxy) is 1. The van der Waals surface area contributed by atoms with Gasteiger partial charge in [0.05, 0.1) is 5.39 Å². The van der Waals surface area contributed by atoms with E-state index < -0.39 is 17.7 Å². The van der Waals surface area contributed by atoms with Gasteiger partial charge in [-0.05, 0) is 43.5 Å². The van der Waals surface area contributed by atoms with E-state index in [1.54, 1.807) is 12.1 Å². The smallest absolute Gasteiger partial charge is 0.344 e. The maximum atomic E-state index is 11.6. The van der Waals surface area contributed by atoms with Gasteiger partial charge in [-0.15, -0.1) is 0 Å². The number of carboxylic acids is 1. The van der Waals surface area contributed by atoms with Crippen molar-refractivity contribution in [3.05, 3.63) is 39.7 Å². The molecule has 1 heterocycles. The molecule has 1 aromatic carbocycles. The van der Waals surface area contributed by atoms with Crippen LogP contribution in [-0.4, -0.2) is 17.2 Å². The first kappa shape index (κ1) is 15.1. The zero-order valence-corrected chi connectivity index (χ0v) is 12.3. The van der Waals surface area contributed by atoms with Crippen molar-refractivity contribution >= 4 is 16.9 Å². The van der Waals surface area contributed by atoms with Gasteiger partial charge in [-0.1, -0.05) is 13.3 Å². The highest BCUT2D eigenvalue weighted by atomic mass is 16.5. The van der Waals surface area contributed by atoms with Crippen LogP contribution < -0.4 is 10.4 Å². The first-order chi connectivity index (χ1) is 9.92. The summed E-state index contributed by atoms with van der Waals surface area (Å²) in [4.78, 5) is 22.6. The van der Waals surface area contributed by atoms with Crippen LogP contribution in [0, 0.1) is 6.92 Å². The summed E-state index contributed by atoms with van der Waals surface area (Å²) in [6, 6.07) is 4.97. The molecular formula is C16H18O5. The average molecular weight is 290 g/mol. The fraction of sp³-hybridized carbons (Fsp3) is 0.375. The quantitative estimate of drug-likeness (QED) is 0.857. The lowest BCUT2D eigenvalue weighted by Crippen LogP contribution is -2.23. The number of fused-ring (bicyclic) bond motifs is 1. The molecule has 2 aromatic rings. The second-order valence-corrected chi connectivity index (χ2v) is 5.08. The van der Waals surface area contributed by atoms with E-state index in [2.05, 4.69) is 0 Å². The monoisotopic (exact) mass is 290 g/mol. The van der Waals surface area contributed by atoms with Crippen LogP contribution in [0.25, 0.3) is 11.0 Å². The van der Waals surface area contributed by atoms with Gasteiger partial charge in [-0.3, -0.25) is 0 Å². The molecule has 0 saturated heterocycles. The van der Waals surface area contributed by atoms with E-state index in [1.807, 2.05) is 13.8 Å². The lowest BCUT2D eigenvalue weighted by Gasteiger charge is -2.15. The Morgan fingerprint density at radius 1 is 1.38 bits per heavy atom. The molecule has 0 fully saturated rings. The molecule has 1 aromatic heterocycles. The molecule has 0 aliphatic carbocycles. The van der Waals surface area contributed by atoms with Gasteiger partial charge >= 0.3 is 11.6 Å². The zero-order chi connectivity index (χ0) is 15.6. The molecular weight excluding hydrogens is 272 g/mol. The molecule has 0 saturated carbocycles. The summed E-state index contributed by atoms with van der Waals surface area (Å²) < 4.78 is 10.8. The van der Waals surface area contributed by atoms with Gasteiger partial charge in [0.25, 0.3) is 0 Å². The molecule has 1 N–H and O–H groups in total. The van der Waals surface area contributed by atoms with Crippen LogP contribution in [0.5, 0.6) is 5.75 Å². The van der Waals surface area contributed by atoms with E-state index in [4.69, 9.17) is 14.3 Å². The molecule has 0 radical (unpaired) electrons. The standard InChI is InChI=1S/C16H18O5/c1-4-5-11-8-14(17)21-13-7-9(2)6-12(15(11)13)20-10(3)16(18)19/h6-8,10H,4-5H2,1-3H3,(H,18,19)/t10-/m1/s1. The fourth-order valence-electron chi connectivity index (χ4n) is 2.27. The normalized spacial score (nSPS) is 12.3. The Kier molecular flexibility index (Phi) is 4.31. The highest BCUT2D eigenvalue weighted by Crippen LogP contribution is 2.31. The van der Waals surface area contributed by atoms with E-state index in [0.29, 0.717) is 23.1 Å². The maximum Gasteiger partial charge on any atom is 0.344 e. The number of rotatable bonds is 5. The zero-order valence-electron chi connectivity index (χ0n) is 12.3. The third kappa shape index (κ3) is 3.24. The SMILES string of the molecule is CCCc1cc(=O)oc2cc(C)cc(O[C@H](C)C(=O)O)c12. The number of benzene rings is 1. The van der Waals surface area contributed by atoms with Crippen molar-refractivity contribution in [3.8, 4) is 5.75 Å². The topological polar surface area (TPSA) is 76.7 Å². The molecule has 2 rings (SSSR count). The summed E-state index contributed by atoms with van der Waals surface area (Å²) >= 11 is 0. The van der Waals surface area contributed by atoms with Crippen molar-refractivity contribution in [1.29, 1.82) is 0 Å². The minimum absolute atomic E-state index is 0.409.